The minimum Gasteiger partial charge on any atom is -0.402 e. The lowest BCUT2D eigenvalue weighted by molar-refractivity contribution is 0.284. The van der Waals surface area contributed by atoms with Gasteiger partial charge >= 0.3 is 0 Å². The fourth-order valence-corrected chi connectivity index (χ4v) is 2.27. The molecule has 1 aliphatic heterocycles. The fraction of sp³-hybridized carbons (Fsp3) is 0.769. The summed E-state index contributed by atoms with van der Waals surface area (Å²) in [7, 11) is 2.13. The molecular weight excluding hydrogens is 198 g/mol. The Hall–Kier alpha value is -0.830. The molecule has 1 rings (SSSR count). The summed E-state index contributed by atoms with van der Waals surface area (Å²) in [5, 5.41) is 0. The zero-order valence-corrected chi connectivity index (χ0v) is 11.2. The van der Waals surface area contributed by atoms with Crippen molar-refractivity contribution < 1.29 is 0 Å². The zero-order valence-electron chi connectivity index (χ0n) is 11.2. The van der Waals surface area contributed by atoms with E-state index in [1.807, 2.05) is 0 Å². The molecule has 0 aromatic heterocycles. The number of hydrogen-bond donors (Lipinski definition) is 1. The standard InChI is InChI=1S/C13H25N3/c1-10(2)6-11(14)7-12-8-16(5)9-13(3,4)15-12/h7,10H,6,8-9,14H2,1-5H3/b11-7-. The summed E-state index contributed by atoms with van der Waals surface area (Å²) >= 11 is 0. The first-order chi connectivity index (χ1) is 7.28. The highest BCUT2D eigenvalue weighted by molar-refractivity contribution is 5.97. The van der Waals surface area contributed by atoms with E-state index in [2.05, 4.69) is 45.7 Å². The van der Waals surface area contributed by atoms with Crippen LogP contribution in [-0.2, 0) is 0 Å². The molecular formula is C13H25N3. The average Bonchev–Trinajstić information content (AvgIpc) is 1.95. The topological polar surface area (TPSA) is 41.6 Å². The number of rotatable bonds is 3. The van der Waals surface area contributed by atoms with Crippen LogP contribution in [0, 0.1) is 5.92 Å². The van der Waals surface area contributed by atoms with Gasteiger partial charge in [-0.2, -0.15) is 0 Å². The van der Waals surface area contributed by atoms with Crippen LogP contribution in [0.4, 0.5) is 0 Å². The monoisotopic (exact) mass is 223 g/mol. The molecule has 3 heteroatoms. The van der Waals surface area contributed by atoms with Gasteiger partial charge < -0.3 is 5.73 Å². The molecule has 0 atom stereocenters. The van der Waals surface area contributed by atoms with Gasteiger partial charge in [-0.15, -0.1) is 0 Å². The molecule has 0 saturated carbocycles. The van der Waals surface area contributed by atoms with Gasteiger partial charge in [0.2, 0.25) is 0 Å². The smallest absolute Gasteiger partial charge is 0.0682 e. The minimum absolute atomic E-state index is 0.0109. The molecule has 0 aliphatic carbocycles. The molecule has 92 valence electrons. The lowest BCUT2D eigenvalue weighted by atomic mass is 10.0. The van der Waals surface area contributed by atoms with E-state index >= 15 is 0 Å². The van der Waals surface area contributed by atoms with E-state index in [0.717, 1.165) is 30.9 Å². The fourth-order valence-electron chi connectivity index (χ4n) is 2.27. The average molecular weight is 223 g/mol. The second-order valence-electron chi connectivity index (χ2n) is 5.91. The quantitative estimate of drug-likeness (QED) is 0.795. The van der Waals surface area contributed by atoms with E-state index in [1.165, 1.54) is 0 Å². The summed E-state index contributed by atoms with van der Waals surface area (Å²) in [5.41, 5.74) is 8.06. The van der Waals surface area contributed by atoms with E-state index in [1.54, 1.807) is 0 Å². The molecule has 0 saturated heterocycles. The Balaban J connectivity index is 2.76. The highest BCUT2D eigenvalue weighted by Crippen LogP contribution is 2.17. The van der Waals surface area contributed by atoms with Gasteiger partial charge in [-0.1, -0.05) is 13.8 Å². The number of nitrogens with zero attached hydrogens (tertiary/aromatic N) is 2. The molecule has 0 amide bonds. The lowest BCUT2D eigenvalue weighted by Crippen LogP contribution is -2.43. The van der Waals surface area contributed by atoms with Crippen LogP contribution in [0.25, 0.3) is 0 Å². The van der Waals surface area contributed by atoms with E-state index in [-0.39, 0.29) is 5.54 Å². The van der Waals surface area contributed by atoms with Gasteiger partial charge in [-0.05, 0) is 39.3 Å². The maximum absolute atomic E-state index is 6.00. The predicted octanol–water partition coefficient (Wildman–Crippen LogP) is 2.04. The molecule has 16 heavy (non-hydrogen) atoms. The Kier molecular flexibility index (Phi) is 4.14. The number of likely N-dealkylation sites (N-methyl/N-ethyl adjacent to an activating group) is 1. The number of allylic oxidation sites excluding steroid dienone is 1. The van der Waals surface area contributed by atoms with Crippen molar-refractivity contribution in [2.45, 2.75) is 39.7 Å². The number of aliphatic imine (C=N–C) groups is 1. The van der Waals surface area contributed by atoms with Crippen LogP contribution in [0.5, 0.6) is 0 Å². The van der Waals surface area contributed by atoms with Crippen LogP contribution in [0.15, 0.2) is 16.8 Å². The third-order valence-corrected chi connectivity index (χ3v) is 2.53. The predicted molar refractivity (Wildman–Crippen MR) is 70.7 cm³/mol. The third-order valence-electron chi connectivity index (χ3n) is 2.53. The molecule has 2 N–H and O–H groups in total. The van der Waals surface area contributed by atoms with E-state index in [9.17, 15) is 0 Å². The van der Waals surface area contributed by atoms with Crippen molar-refractivity contribution in [3.05, 3.63) is 11.8 Å². The first kappa shape index (κ1) is 13.2. The summed E-state index contributed by atoms with van der Waals surface area (Å²) in [6.07, 6.45) is 3.00. The maximum atomic E-state index is 6.00. The van der Waals surface area contributed by atoms with E-state index in [0.29, 0.717) is 5.92 Å². The van der Waals surface area contributed by atoms with E-state index < -0.39 is 0 Å². The Bertz CT molecular complexity index is 300. The molecule has 0 radical (unpaired) electrons. The second kappa shape index (κ2) is 5.00. The molecule has 0 aromatic rings. The summed E-state index contributed by atoms with van der Waals surface area (Å²) in [5.74, 6) is 0.603. The molecule has 0 bridgehead atoms. The van der Waals surface area contributed by atoms with Gasteiger partial charge in [-0.25, -0.2) is 0 Å². The lowest BCUT2D eigenvalue weighted by Gasteiger charge is -2.33. The Labute approximate surface area is 99.4 Å². The van der Waals surface area contributed by atoms with Gasteiger partial charge in [0.05, 0.1) is 11.3 Å². The van der Waals surface area contributed by atoms with Crippen LogP contribution in [0.1, 0.15) is 34.1 Å². The maximum Gasteiger partial charge on any atom is 0.0682 e. The van der Waals surface area contributed by atoms with Crippen LogP contribution in [-0.4, -0.2) is 36.3 Å². The van der Waals surface area contributed by atoms with Gasteiger partial charge in [0, 0.05) is 18.8 Å². The van der Waals surface area contributed by atoms with Gasteiger partial charge in [0.25, 0.3) is 0 Å². The molecule has 0 aromatic carbocycles. The van der Waals surface area contributed by atoms with Crippen molar-refractivity contribution in [3.8, 4) is 0 Å². The van der Waals surface area contributed by atoms with Crippen LogP contribution >= 0.6 is 0 Å². The van der Waals surface area contributed by atoms with Crippen molar-refractivity contribution in [2.24, 2.45) is 16.6 Å². The highest BCUT2D eigenvalue weighted by Gasteiger charge is 2.24. The van der Waals surface area contributed by atoms with Gasteiger partial charge in [0.1, 0.15) is 0 Å². The Morgan fingerprint density at radius 1 is 1.56 bits per heavy atom. The molecule has 1 heterocycles. The summed E-state index contributed by atoms with van der Waals surface area (Å²) in [6, 6.07) is 0. The highest BCUT2D eigenvalue weighted by atomic mass is 15.2. The van der Waals surface area contributed by atoms with Crippen LogP contribution in [0.3, 0.4) is 0 Å². The SMILES string of the molecule is CC(C)C/C(N)=C/C1=NC(C)(C)CN(C)C1. The second-order valence-corrected chi connectivity index (χ2v) is 5.91. The van der Waals surface area contributed by atoms with Crippen molar-refractivity contribution in [1.29, 1.82) is 0 Å². The number of nitrogens with two attached hydrogens (primary N) is 1. The van der Waals surface area contributed by atoms with E-state index in [4.69, 9.17) is 10.7 Å². The van der Waals surface area contributed by atoms with Crippen LogP contribution < -0.4 is 5.73 Å². The number of hydrogen-bond acceptors (Lipinski definition) is 3. The summed E-state index contributed by atoms with van der Waals surface area (Å²) < 4.78 is 0. The van der Waals surface area contributed by atoms with Crippen LogP contribution in [0.2, 0.25) is 0 Å². The first-order valence-electron chi connectivity index (χ1n) is 6.02. The third kappa shape index (κ3) is 4.35. The van der Waals surface area contributed by atoms with Gasteiger partial charge in [-0.3, -0.25) is 9.89 Å². The molecule has 0 spiro atoms. The Morgan fingerprint density at radius 2 is 2.19 bits per heavy atom. The largest absolute Gasteiger partial charge is 0.402 e. The first-order valence-corrected chi connectivity index (χ1v) is 6.02. The minimum atomic E-state index is 0.0109. The molecule has 0 unspecified atom stereocenters. The summed E-state index contributed by atoms with van der Waals surface area (Å²) in [4.78, 5) is 7.02. The van der Waals surface area contributed by atoms with Gasteiger partial charge in [0.15, 0.2) is 0 Å². The normalized spacial score (nSPS) is 22.4. The van der Waals surface area contributed by atoms with Crippen molar-refractivity contribution in [3.63, 3.8) is 0 Å². The van der Waals surface area contributed by atoms with Crippen molar-refractivity contribution >= 4 is 5.71 Å². The molecule has 3 nitrogen and oxygen atoms in total. The summed E-state index contributed by atoms with van der Waals surface area (Å²) in [6.45, 7) is 10.6. The molecule has 1 aliphatic rings. The molecule has 0 fully saturated rings. The Morgan fingerprint density at radius 3 is 2.69 bits per heavy atom. The zero-order chi connectivity index (χ0) is 12.3. The van der Waals surface area contributed by atoms with Crippen molar-refractivity contribution in [2.75, 3.05) is 20.1 Å². The van der Waals surface area contributed by atoms with Crippen molar-refractivity contribution in [1.82, 2.24) is 4.90 Å².